The fourth-order valence-electron chi connectivity index (χ4n) is 3.23. The molecule has 2 aromatic carbocycles. The maximum atomic E-state index is 13.2. The zero-order valence-corrected chi connectivity index (χ0v) is 16.4. The van der Waals surface area contributed by atoms with Gasteiger partial charge >= 0.3 is 0 Å². The largest absolute Gasteiger partial charge is 0.352 e. The minimum absolute atomic E-state index is 0.0438. The smallest absolute Gasteiger partial charge is 0.264 e. The first kappa shape index (κ1) is 19.4. The van der Waals surface area contributed by atoms with Crippen LogP contribution >= 0.6 is 0 Å². The normalized spacial score (nSPS) is 16.5. The molecule has 2 aromatic rings. The Labute approximate surface area is 159 Å². The highest BCUT2D eigenvalue weighted by Crippen LogP contribution is 2.37. The molecule has 1 N–H and O–H groups in total. The molecule has 3 rings (SSSR count). The Balaban J connectivity index is 1.92. The number of fused-ring (bicyclic) bond motifs is 1. The Hall–Kier alpha value is -2.41. The Morgan fingerprint density at radius 2 is 1.89 bits per heavy atom. The number of benzene rings is 2. The summed E-state index contributed by atoms with van der Waals surface area (Å²) in [5.74, 6) is -0.306. The van der Waals surface area contributed by atoms with Gasteiger partial charge in [-0.15, -0.1) is 0 Å². The van der Waals surface area contributed by atoms with E-state index in [4.69, 9.17) is 0 Å². The number of amides is 1. The molecule has 1 aliphatic heterocycles. The van der Waals surface area contributed by atoms with Gasteiger partial charge in [0.05, 0.1) is 10.6 Å². The quantitative estimate of drug-likeness (QED) is 0.851. The molecule has 0 aromatic heterocycles. The van der Waals surface area contributed by atoms with E-state index in [2.05, 4.69) is 5.32 Å². The van der Waals surface area contributed by atoms with Crippen molar-refractivity contribution in [2.75, 3.05) is 10.8 Å². The van der Waals surface area contributed by atoms with Gasteiger partial charge in [-0.25, -0.2) is 12.8 Å². The van der Waals surface area contributed by atoms with Crippen molar-refractivity contribution in [2.45, 2.75) is 38.1 Å². The van der Waals surface area contributed by atoms with Crippen molar-refractivity contribution in [1.29, 1.82) is 0 Å². The highest BCUT2D eigenvalue weighted by molar-refractivity contribution is 7.92. The maximum Gasteiger partial charge on any atom is 0.264 e. The lowest BCUT2D eigenvalue weighted by Gasteiger charge is -2.24. The minimum Gasteiger partial charge on any atom is -0.352 e. The van der Waals surface area contributed by atoms with E-state index in [1.54, 1.807) is 18.2 Å². The second kappa shape index (κ2) is 7.31. The molecule has 27 heavy (non-hydrogen) atoms. The number of halogens is 1. The molecule has 0 aliphatic carbocycles. The number of carbonyl (C=O) groups excluding carboxylic acids is 1. The van der Waals surface area contributed by atoms with Crippen molar-refractivity contribution in [3.8, 4) is 0 Å². The number of anilines is 1. The molecule has 0 fully saturated rings. The van der Waals surface area contributed by atoms with Crippen LogP contribution in [0.4, 0.5) is 10.1 Å². The van der Waals surface area contributed by atoms with E-state index in [0.29, 0.717) is 30.1 Å². The molecule has 1 aliphatic rings. The van der Waals surface area contributed by atoms with Crippen molar-refractivity contribution < 1.29 is 17.6 Å². The van der Waals surface area contributed by atoms with E-state index in [0.717, 1.165) is 17.7 Å². The van der Waals surface area contributed by atoms with Gasteiger partial charge in [-0.3, -0.25) is 9.10 Å². The summed E-state index contributed by atoms with van der Waals surface area (Å²) in [4.78, 5) is 12.3. The lowest BCUT2D eigenvalue weighted by Crippen LogP contribution is -2.35. The van der Waals surface area contributed by atoms with Gasteiger partial charge in [0.2, 0.25) is 0 Å². The van der Waals surface area contributed by atoms with Crippen molar-refractivity contribution in [3.63, 3.8) is 0 Å². The van der Waals surface area contributed by atoms with E-state index < -0.39 is 15.8 Å². The van der Waals surface area contributed by atoms with Crippen molar-refractivity contribution in [2.24, 2.45) is 5.92 Å². The Morgan fingerprint density at radius 1 is 1.22 bits per heavy atom. The molecule has 1 heterocycles. The van der Waals surface area contributed by atoms with Crippen LogP contribution in [0, 0.1) is 11.7 Å². The molecule has 0 bridgehead atoms. The lowest BCUT2D eigenvalue weighted by atomic mass is 10.1. The number of hydrogen-bond donors (Lipinski definition) is 1. The molecule has 5 nitrogen and oxygen atoms in total. The van der Waals surface area contributed by atoms with E-state index in [1.807, 2.05) is 20.8 Å². The van der Waals surface area contributed by atoms with E-state index in [-0.39, 0.29) is 16.8 Å². The van der Waals surface area contributed by atoms with Gasteiger partial charge in [-0.2, -0.15) is 0 Å². The fourth-order valence-corrected chi connectivity index (χ4v) is 4.92. The van der Waals surface area contributed by atoms with Crippen LogP contribution in [0.2, 0.25) is 0 Å². The fraction of sp³-hybridized carbons (Fsp3) is 0.350. The monoisotopic (exact) mass is 390 g/mol. The maximum absolute atomic E-state index is 13.2. The summed E-state index contributed by atoms with van der Waals surface area (Å²) in [6, 6.07) is 9.58. The first-order valence-corrected chi connectivity index (χ1v) is 10.4. The molecule has 7 heteroatoms. The zero-order chi connectivity index (χ0) is 19.8. The highest BCUT2D eigenvalue weighted by atomic mass is 32.2. The number of carbonyl (C=O) groups is 1. The number of sulfonamides is 1. The van der Waals surface area contributed by atoms with Crippen molar-refractivity contribution >= 4 is 21.6 Å². The number of nitrogens with one attached hydrogen (secondary N) is 1. The van der Waals surface area contributed by atoms with Gasteiger partial charge in [-0.05, 0) is 67.3 Å². The predicted octanol–water partition coefficient (Wildman–Crippen LogP) is 3.35. The van der Waals surface area contributed by atoms with Gasteiger partial charge in [0.15, 0.2) is 0 Å². The third-order valence-electron chi connectivity index (χ3n) is 4.54. The summed E-state index contributed by atoms with van der Waals surface area (Å²) in [6.07, 6.45) is 0.515. The van der Waals surface area contributed by atoms with Crippen molar-refractivity contribution in [3.05, 3.63) is 59.4 Å². The van der Waals surface area contributed by atoms with Gasteiger partial charge in [0.25, 0.3) is 15.9 Å². The third kappa shape index (κ3) is 3.83. The van der Waals surface area contributed by atoms with Crippen LogP contribution in [-0.4, -0.2) is 26.9 Å². The minimum atomic E-state index is -3.81. The van der Waals surface area contributed by atoms with Crippen LogP contribution in [0.5, 0.6) is 0 Å². The van der Waals surface area contributed by atoms with Gasteiger partial charge in [0.1, 0.15) is 5.82 Å². The first-order valence-electron chi connectivity index (χ1n) is 8.91. The number of nitrogens with zero attached hydrogens (tertiary/aromatic N) is 1. The predicted molar refractivity (Wildman–Crippen MR) is 103 cm³/mol. The van der Waals surface area contributed by atoms with Gasteiger partial charge < -0.3 is 5.32 Å². The summed E-state index contributed by atoms with van der Waals surface area (Å²) < 4.78 is 40.6. The third-order valence-corrected chi connectivity index (χ3v) is 6.48. The van der Waals surface area contributed by atoms with Gasteiger partial charge in [-0.1, -0.05) is 13.8 Å². The second-order valence-electron chi connectivity index (χ2n) is 7.26. The van der Waals surface area contributed by atoms with Crippen LogP contribution < -0.4 is 9.62 Å². The molecule has 0 saturated carbocycles. The van der Waals surface area contributed by atoms with E-state index in [1.165, 1.54) is 16.4 Å². The van der Waals surface area contributed by atoms with E-state index >= 15 is 0 Å². The molecule has 0 spiro atoms. The lowest BCUT2D eigenvalue weighted by molar-refractivity contribution is 0.0949. The molecule has 0 unspecified atom stereocenters. The second-order valence-corrected chi connectivity index (χ2v) is 9.07. The summed E-state index contributed by atoms with van der Waals surface area (Å²) in [5, 5.41) is 2.87. The molecule has 0 saturated heterocycles. The first-order chi connectivity index (χ1) is 12.7. The van der Waals surface area contributed by atoms with Crippen LogP contribution in [0.15, 0.2) is 47.4 Å². The summed E-state index contributed by atoms with van der Waals surface area (Å²) in [6.45, 7) is 6.43. The number of rotatable bonds is 5. The van der Waals surface area contributed by atoms with Crippen LogP contribution in [0.1, 0.15) is 36.7 Å². The SMILES string of the molecule is CC(C)CNC(=O)c1ccc2c(c1)C[C@@H](C)N2S(=O)(=O)c1ccc(F)cc1. The highest BCUT2D eigenvalue weighted by Gasteiger charge is 2.36. The summed E-state index contributed by atoms with van der Waals surface area (Å²) in [7, 11) is -3.81. The van der Waals surface area contributed by atoms with Crippen molar-refractivity contribution in [1.82, 2.24) is 5.32 Å². The molecule has 144 valence electrons. The zero-order valence-electron chi connectivity index (χ0n) is 15.6. The summed E-state index contributed by atoms with van der Waals surface area (Å²) in [5.41, 5.74) is 1.89. The Kier molecular flexibility index (Phi) is 5.24. The topological polar surface area (TPSA) is 66.5 Å². The molecule has 1 atom stereocenters. The van der Waals surface area contributed by atoms with Crippen LogP contribution in [0.3, 0.4) is 0 Å². The molecular weight excluding hydrogens is 367 g/mol. The number of hydrogen-bond acceptors (Lipinski definition) is 3. The summed E-state index contributed by atoms with van der Waals surface area (Å²) >= 11 is 0. The molecule has 0 radical (unpaired) electrons. The average molecular weight is 390 g/mol. The Bertz CT molecular complexity index is 956. The standard InChI is InChI=1S/C20H23FN2O3S/c1-13(2)12-22-20(24)15-4-9-19-16(11-15)10-14(3)23(19)27(25,26)18-7-5-17(21)6-8-18/h4-9,11,13-14H,10,12H2,1-3H3,(H,22,24)/t14-/m1/s1. The van der Waals surface area contributed by atoms with Crippen LogP contribution in [0.25, 0.3) is 0 Å². The van der Waals surface area contributed by atoms with Gasteiger partial charge in [0, 0.05) is 18.2 Å². The average Bonchev–Trinajstić information content (AvgIpc) is 2.95. The molecule has 1 amide bonds. The van der Waals surface area contributed by atoms with E-state index in [9.17, 15) is 17.6 Å². The van der Waals surface area contributed by atoms with Crippen LogP contribution in [-0.2, 0) is 16.4 Å². The molecular formula is C20H23FN2O3S. The Morgan fingerprint density at radius 3 is 2.52 bits per heavy atom.